The number of phenols is 1. The molecule has 5 nitrogen and oxygen atoms in total. The Kier molecular flexibility index (Phi) is 4.51. The van der Waals surface area contributed by atoms with Crippen LogP contribution in [0.5, 0.6) is 5.75 Å². The van der Waals surface area contributed by atoms with E-state index in [2.05, 4.69) is 11.1 Å². The molecule has 8 heteroatoms. The minimum Gasteiger partial charge on any atom is -0.506 e. The van der Waals surface area contributed by atoms with E-state index in [1.54, 1.807) is 0 Å². The topological polar surface area (TPSA) is 92.4 Å². The maximum atomic E-state index is 13.6. The Morgan fingerprint density at radius 1 is 1.17 bits per heavy atom. The van der Waals surface area contributed by atoms with Gasteiger partial charge in [0, 0.05) is 16.8 Å². The quantitative estimate of drug-likeness (QED) is 0.799. The number of carbonyl (C=O) groups excluding carboxylic acids is 2. The van der Waals surface area contributed by atoms with Crippen LogP contribution in [0.15, 0.2) is 42.5 Å². The molecule has 2 aromatic carbocycles. The first-order chi connectivity index (χ1) is 10.7. The molecule has 0 aromatic heterocycles. The number of rotatable bonds is 4. The van der Waals surface area contributed by atoms with E-state index in [-0.39, 0.29) is 22.0 Å². The Balaban J connectivity index is 2.25. The zero-order valence-corrected chi connectivity index (χ0v) is 12.3. The van der Waals surface area contributed by atoms with Crippen LogP contribution in [0.4, 0.5) is 14.5 Å². The predicted molar refractivity (Wildman–Crippen MR) is 80.6 cm³/mol. The summed E-state index contributed by atoms with van der Waals surface area (Å²) >= 11 is 5.64. The molecule has 2 aromatic rings. The molecule has 2 rings (SSSR count). The number of benzene rings is 2. The van der Waals surface area contributed by atoms with Crippen LogP contribution in [0.2, 0.25) is 5.02 Å². The first kappa shape index (κ1) is 16.7. The van der Waals surface area contributed by atoms with Gasteiger partial charge in [-0.2, -0.15) is 8.78 Å². The third kappa shape index (κ3) is 3.57. The van der Waals surface area contributed by atoms with Gasteiger partial charge in [0.05, 0.1) is 5.02 Å². The lowest BCUT2D eigenvalue weighted by atomic mass is 10.1. The van der Waals surface area contributed by atoms with Crippen LogP contribution in [-0.4, -0.2) is 16.9 Å². The highest BCUT2D eigenvalue weighted by Crippen LogP contribution is 2.29. The SMILES string of the molecule is NC(=O)C(F)(F)c1cccc(NC(=O)c2ccc(Cl)c(O)c2)c1. The molecule has 0 atom stereocenters. The Morgan fingerprint density at radius 2 is 1.87 bits per heavy atom. The molecule has 0 heterocycles. The number of anilines is 1. The number of amides is 2. The summed E-state index contributed by atoms with van der Waals surface area (Å²) in [5.74, 6) is -6.56. The normalized spacial score (nSPS) is 11.1. The summed E-state index contributed by atoms with van der Waals surface area (Å²) in [6, 6.07) is 8.41. The zero-order chi connectivity index (χ0) is 17.2. The van der Waals surface area contributed by atoms with E-state index < -0.39 is 23.3 Å². The monoisotopic (exact) mass is 340 g/mol. The van der Waals surface area contributed by atoms with Crippen molar-refractivity contribution in [1.29, 1.82) is 0 Å². The van der Waals surface area contributed by atoms with Gasteiger partial charge in [0.15, 0.2) is 0 Å². The molecule has 4 N–H and O–H groups in total. The molecule has 23 heavy (non-hydrogen) atoms. The molecule has 120 valence electrons. The number of primary amides is 1. The number of aromatic hydroxyl groups is 1. The molecule has 0 radical (unpaired) electrons. The average Bonchev–Trinajstić information content (AvgIpc) is 2.50. The van der Waals surface area contributed by atoms with Gasteiger partial charge in [-0.15, -0.1) is 0 Å². The lowest BCUT2D eigenvalue weighted by molar-refractivity contribution is -0.143. The lowest BCUT2D eigenvalue weighted by Gasteiger charge is -2.14. The van der Waals surface area contributed by atoms with Crippen LogP contribution in [-0.2, 0) is 10.7 Å². The van der Waals surface area contributed by atoms with E-state index >= 15 is 0 Å². The van der Waals surface area contributed by atoms with Gasteiger partial charge in [0.2, 0.25) is 0 Å². The Labute approximate surface area is 134 Å². The van der Waals surface area contributed by atoms with Crippen LogP contribution in [0.25, 0.3) is 0 Å². The molecule has 0 fully saturated rings. The Bertz CT molecular complexity index is 781. The second kappa shape index (κ2) is 6.21. The molecule has 0 bridgehead atoms. The minimum atomic E-state index is -3.85. The number of halogens is 3. The van der Waals surface area contributed by atoms with Gasteiger partial charge in [-0.3, -0.25) is 9.59 Å². The van der Waals surface area contributed by atoms with E-state index in [0.29, 0.717) is 0 Å². The van der Waals surface area contributed by atoms with Crippen molar-refractivity contribution in [3.8, 4) is 5.75 Å². The average molecular weight is 341 g/mol. The smallest absolute Gasteiger partial charge is 0.349 e. The highest BCUT2D eigenvalue weighted by atomic mass is 35.5. The largest absolute Gasteiger partial charge is 0.506 e. The number of alkyl halides is 2. The fourth-order valence-electron chi connectivity index (χ4n) is 1.79. The minimum absolute atomic E-state index is 0.0443. The molecule has 0 saturated heterocycles. The van der Waals surface area contributed by atoms with Gasteiger partial charge in [0.25, 0.3) is 11.8 Å². The number of nitrogens with two attached hydrogens (primary N) is 1. The van der Waals surface area contributed by atoms with Crippen molar-refractivity contribution in [2.45, 2.75) is 5.92 Å². The van der Waals surface area contributed by atoms with Crippen molar-refractivity contribution >= 4 is 29.1 Å². The summed E-state index contributed by atoms with van der Waals surface area (Å²) in [5, 5.41) is 11.9. The summed E-state index contributed by atoms with van der Waals surface area (Å²) in [7, 11) is 0. The summed E-state index contributed by atoms with van der Waals surface area (Å²) in [4.78, 5) is 22.8. The highest BCUT2D eigenvalue weighted by Gasteiger charge is 2.38. The summed E-state index contributed by atoms with van der Waals surface area (Å²) in [5.41, 5.74) is 4.15. The molecule has 0 saturated carbocycles. The van der Waals surface area contributed by atoms with Gasteiger partial charge in [0.1, 0.15) is 5.75 Å². The summed E-state index contributed by atoms with van der Waals surface area (Å²) < 4.78 is 27.2. The first-order valence-electron chi connectivity index (χ1n) is 6.30. The fraction of sp³-hybridized carbons (Fsp3) is 0.0667. The maximum Gasteiger partial charge on any atom is 0.349 e. The predicted octanol–water partition coefficient (Wildman–Crippen LogP) is 2.88. The second-order valence-electron chi connectivity index (χ2n) is 4.64. The van der Waals surface area contributed by atoms with Crippen LogP contribution in [0, 0.1) is 0 Å². The third-order valence-electron chi connectivity index (χ3n) is 3.00. The van der Waals surface area contributed by atoms with E-state index in [1.165, 1.54) is 24.3 Å². The van der Waals surface area contributed by atoms with E-state index in [0.717, 1.165) is 18.2 Å². The second-order valence-corrected chi connectivity index (χ2v) is 5.05. The van der Waals surface area contributed by atoms with Crippen molar-refractivity contribution in [2.24, 2.45) is 5.73 Å². The highest BCUT2D eigenvalue weighted by molar-refractivity contribution is 6.32. The van der Waals surface area contributed by atoms with Crippen molar-refractivity contribution in [3.05, 3.63) is 58.6 Å². The molecular formula is C15H11ClF2N2O3. The van der Waals surface area contributed by atoms with Gasteiger partial charge >= 0.3 is 5.92 Å². The number of phenolic OH excluding ortho intramolecular Hbond substituents is 1. The third-order valence-corrected chi connectivity index (χ3v) is 3.32. The molecule has 0 aliphatic rings. The number of hydrogen-bond acceptors (Lipinski definition) is 3. The molecule has 0 unspecified atom stereocenters. The molecule has 0 aliphatic carbocycles. The molecule has 0 aliphatic heterocycles. The fourth-order valence-corrected chi connectivity index (χ4v) is 1.91. The van der Waals surface area contributed by atoms with Gasteiger partial charge in [-0.05, 0) is 30.3 Å². The van der Waals surface area contributed by atoms with Crippen LogP contribution < -0.4 is 11.1 Å². The Morgan fingerprint density at radius 3 is 2.48 bits per heavy atom. The van der Waals surface area contributed by atoms with Crippen molar-refractivity contribution < 1.29 is 23.5 Å². The molecular weight excluding hydrogens is 330 g/mol. The van der Waals surface area contributed by atoms with E-state index in [4.69, 9.17) is 11.6 Å². The van der Waals surface area contributed by atoms with Crippen LogP contribution >= 0.6 is 11.6 Å². The Hall–Kier alpha value is -2.67. The van der Waals surface area contributed by atoms with Crippen molar-refractivity contribution in [1.82, 2.24) is 0 Å². The van der Waals surface area contributed by atoms with Gasteiger partial charge in [-0.1, -0.05) is 23.7 Å². The number of hydrogen-bond donors (Lipinski definition) is 3. The maximum absolute atomic E-state index is 13.6. The van der Waals surface area contributed by atoms with Crippen LogP contribution in [0.1, 0.15) is 15.9 Å². The number of carbonyl (C=O) groups is 2. The van der Waals surface area contributed by atoms with E-state index in [9.17, 15) is 23.5 Å². The number of nitrogens with one attached hydrogen (secondary N) is 1. The van der Waals surface area contributed by atoms with Gasteiger partial charge in [-0.25, -0.2) is 0 Å². The zero-order valence-electron chi connectivity index (χ0n) is 11.5. The molecule has 0 spiro atoms. The van der Waals surface area contributed by atoms with Crippen molar-refractivity contribution in [2.75, 3.05) is 5.32 Å². The summed E-state index contributed by atoms with van der Waals surface area (Å²) in [6.45, 7) is 0. The lowest BCUT2D eigenvalue weighted by Crippen LogP contribution is -2.32. The van der Waals surface area contributed by atoms with Crippen LogP contribution in [0.3, 0.4) is 0 Å². The standard InChI is InChI=1S/C15H11ClF2N2O3/c16-11-5-4-8(6-12(11)21)13(22)20-10-3-1-2-9(7-10)15(17,18)14(19)23/h1-7,21H,(H2,19,23)(H,20,22). The van der Waals surface area contributed by atoms with E-state index in [1.807, 2.05) is 0 Å². The van der Waals surface area contributed by atoms with Gasteiger partial charge < -0.3 is 16.2 Å². The van der Waals surface area contributed by atoms with Crippen molar-refractivity contribution in [3.63, 3.8) is 0 Å². The molecule has 2 amide bonds. The summed E-state index contributed by atoms with van der Waals surface area (Å²) in [6.07, 6.45) is 0. The first-order valence-corrected chi connectivity index (χ1v) is 6.67.